The molecule has 5 nitrogen and oxygen atoms in total. The van der Waals surface area contributed by atoms with E-state index < -0.39 is 0 Å². The zero-order valence-corrected chi connectivity index (χ0v) is 17.2. The molecule has 3 aromatic rings. The van der Waals surface area contributed by atoms with Gasteiger partial charge in [-0.25, -0.2) is 4.98 Å². The number of amides is 1. The molecule has 0 aliphatic heterocycles. The normalized spacial score (nSPS) is 10.4. The highest BCUT2D eigenvalue weighted by Gasteiger charge is 2.06. The average Bonchev–Trinajstić information content (AvgIpc) is 3.19. The van der Waals surface area contributed by atoms with E-state index >= 15 is 0 Å². The van der Waals surface area contributed by atoms with Gasteiger partial charge in [0.25, 0.3) is 5.19 Å². The molecule has 1 N–H and O–H groups in total. The highest BCUT2D eigenvalue weighted by atomic mass is 79.9. The summed E-state index contributed by atoms with van der Waals surface area (Å²) < 4.78 is 11.7. The lowest BCUT2D eigenvalue weighted by Crippen LogP contribution is -2.22. The predicted molar refractivity (Wildman–Crippen MR) is 109 cm³/mol. The quantitative estimate of drug-likeness (QED) is 0.531. The molecule has 0 atom stereocenters. The number of nitrogens with one attached hydrogen (secondary N) is 1. The van der Waals surface area contributed by atoms with Gasteiger partial charge in [-0.1, -0.05) is 29.5 Å². The molecule has 0 fully saturated rings. The number of carbonyl (C=O) groups excluding carboxylic acids is 1. The maximum absolute atomic E-state index is 12.1. The van der Waals surface area contributed by atoms with Crippen LogP contribution in [0, 0.1) is 0 Å². The Balaban J connectivity index is 1.44. The minimum atomic E-state index is 0.0186. The Morgan fingerprint density at radius 2 is 1.96 bits per heavy atom. The number of aromatic nitrogens is 1. The number of benzene rings is 2. The Labute approximate surface area is 170 Å². The van der Waals surface area contributed by atoms with E-state index in [1.54, 1.807) is 13.3 Å². The molecular weight excluding hydrogens is 428 g/mol. The van der Waals surface area contributed by atoms with Crippen molar-refractivity contribution in [3.05, 3.63) is 69.6 Å². The first-order chi connectivity index (χ1) is 13.1. The van der Waals surface area contributed by atoms with Gasteiger partial charge in [0.05, 0.1) is 11.6 Å². The minimum Gasteiger partial charge on any atom is -0.496 e. The van der Waals surface area contributed by atoms with Crippen molar-refractivity contribution in [1.82, 2.24) is 10.3 Å². The summed E-state index contributed by atoms with van der Waals surface area (Å²) in [6.07, 6.45) is 2.81. The summed E-state index contributed by atoms with van der Waals surface area (Å²) in [5, 5.41) is 5.42. The molecule has 2 aromatic carbocycles. The molecule has 0 bridgehead atoms. The van der Waals surface area contributed by atoms with Crippen molar-refractivity contribution in [3.63, 3.8) is 0 Å². The molecule has 0 saturated heterocycles. The van der Waals surface area contributed by atoms with Gasteiger partial charge in [0.15, 0.2) is 0 Å². The zero-order valence-electron chi connectivity index (χ0n) is 14.8. The van der Waals surface area contributed by atoms with Crippen LogP contribution >= 0.6 is 27.3 Å². The molecule has 0 radical (unpaired) electrons. The molecule has 140 valence electrons. The lowest BCUT2D eigenvalue weighted by molar-refractivity contribution is -0.121. The smallest absolute Gasteiger partial charge is 0.278 e. The van der Waals surface area contributed by atoms with Crippen LogP contribution in [0.4, 0.5) is 0 Å². The summed E-state index contributed by atoms with van der Waals surface area (Å²) in [7, 11) is 1.63. The lowest BCUT2D eigenvalue weighted by Gasteiger charge is -2.08. The van der Waals surface area contributed by atoms with Crippen LogP contribution in [-0.2, 0) is 17.8 Å². The van der Waals surface area contributed by atoms with Crippen LogP contribution < -0.4 is 14.8 Å². The van der Waals surface area contributed by atoms with Gasteiger partial charge in [0.2, 0.25) is 5.91 Å². The van der Waals surface area contributed by atoms with Crippen molar-refractivity contribution in [1.29, 1.82) is 0 Å². The molecule has 3 rings (SSSR count). The van der Waals surface area contributed by atoms with Crippen molar-refractivity contribution < 1.29 is 14.3 Å². The van der Waals surface area contributed by atoms with Gasteiger partial charge in [0.1, 0.15) is 11.5 Å². The van der Waals surface area contributed by atoms with Crippen LogP contribution in [0.15, 0.2) is 58.5 Å². The van der Waals surface area contributed by atoms with Crippen LogP contribution in [0.5, 0.6) is 16.7 Å². The van der Waals surface area contributed by atoms with Crippen LogP contribution in [0.2, 0.25) is 0 Å². The van der Waals surface area contributed by atoms with Gasteiger partial charge < -0.3 is 14.8 Å². The van der Waals surface area contributed by atoms with Gasteiger partial charge in [-0.05, 0) is 57.7 Å². The summed E-state index contributed by atoms with van der Waals surface area (Å²) in [5.74, 6) is 1.53. The van der Waals surface area contributed by atoms with Gasteiger partial charge in [0, 0.05) is 24.5 Å². The molecule has 0 saturated carbocycles. The van der Waals surface area contributed by atoms with Gasteiger partial charge in [-0.3, -0.25) is 4.79 Å². The zero-order chi connectivity index (χ0) is 19.1. The monoisotopic (exact) mass is 446 g/mol. The molecule has 1 heterocycles. The first-order valence-electron chi connectivity index (χ1n) is 8.39. The van der Waals surface area contributed by atoms with E-state index in [1.807, 2.05) is 47.8 Å². The number of nitrogens with zero attached hydrogens (tertiary/aromatic N) is 1. The third-order valence-corrected chi connectivity index (χ3v) is 5.15. The predicted octanol–water partition coefficient (Wildman–Crippen LogP) is 4.96. The fourth-order valence-electron chi connectivity index (χ4n) is 2.45. The number of thiazole rings is 1. The second-order valence-electron chi connectivity index (χ2n) is 5.79. The fourth-order valence-corrected chi connectivity index (χ4v) is 3.54. The Morgan fingerprint density at radius 1 is 1.19 bits per heavy atom. The van der Waals surface area contributed by atoms with Crippen molar-refractivity contribution in [3.8, 4) is 16.7 Å². The van der Waals surface area contributed by atoms with E-state index in [0.29, 0.717) is 24.6 Å². The van der Waals surface area contributed by atoms with Crippen molar-refractivity contribution in [2.45, 2.75) is 19.4 Å². The van der Waals surface area contributed by atoms with E-state index in [2.05, 4.69) is 26.2 Å². The van der Waals surface area contributed by atoms with E-state index in [1.165, 1.54) is 11.3 Å². The van der Waals surface area contributed by atoms with Crippen LogP contribution in [0.3, 0.4) is 0 Å². The molecule has 0 spiro atoms. The number of ether oxygens (including phenoxy) is 2. The number of rotatable bonds is 8. The van der Waals surface area contributed by atoms with Crippen molar-refractivity contribution >= 4 is 33.2 Å². The standard InChI is InChI=1S/C20H19BrN2O3S/c1-25-18-8-4-14(12-17(18)21)5-9-19(24)23-13-15-2-6-16(7-3-15)26-20-22-10-11-27-20/h2-4,6-8,10-12H,5,9,13H2,1H3,(H,23,24). The van der Waals surface area contributed by atoms with Crippen molar-refractivity contribution in [2.24, 2.45) is 0 Å². The largest absolute Gasteiger partial charge is 0.496 e. The van der Waals surface area contributed by atoms with E-state index in [-0.39, 0.29) is 5.91 Å². The van der Waals surface area contributed by atoms with Crippen LogP contribution in [0.1, 0.15) is 17.5 Å². The highest BCUT2D eigenvalue weighted by Crippen LogP contribution is 2.26. The third kappa shape index (κ3) is 5.80. The first kappa shape index (κ1) is 19.4. The van der Waals surface area contributed by atoms with Crippen molar-refractivity contribution in [2.75, 3.05) is 7.11 Å². The third-order valence-electron chi connectivity index (χ3n) is 3.88. The second-order valence-corrected chi connectivity index (χ2v) is 7.50. The fraction of sp³-hybridized carbons (Fsp3) is 0.200. The maximum atomic E-state index is 12.1. The molecule has 1 amide bonds. The van der Waals surface area contributed by atoms with Crippen LogP contribution in [-0.4, -0.2) is 18.0 Å². The molecule has 27 heavy (non-hydrogen) atoms. The molecule has 7 heteroatoms. The Hall–Kier alpha value is -2.38. The van der Waals surface area contributed by atoms with E-state index in [4.69, 9.17) is 9.47 Å². The average molecular weight is 447 g/mol. The van der Waals surface area contributed by atoms with Gasteiger partial charge in [-0.15, -0.1) is 0 Å². The Kier molecular flexibility index (Phi) is 6.84. The number of aryl methyl sites for hydroxylation is 1. The number of hydrogen-bond acceptors (Lipinski definition) is 5. The van der Waals surface area contributed by atoms with Gasteiger partial charge >= 0.3 is 0 Å². The summed E-state index contributed by atoms with van der Waals surface area (Å²) >= 11 is 4.90. The Morgan fingerprint density at radius 3 is 2.63 bits per heavy atom. The summed E-state index contributed by atoms with van der Waals surface area (Å²) in [6.45, 7) is 0.489. The summed E-state index contributed by atoms with van der Waals surface area (Å²) in [4.78, 5) is 16.2. The SMILES string of the molecule is COc1ccc(CCC(=O)NCc2ccc(Oc3nccs3)cc2)cc1Br. The molecular formula is C20H19BrN2O3S. The highest BCUT2D eigenvalue weighted by molar-refractivity contribution is 9.10. The number of halogens is 1. The molecule has 1 aromatic heterocycles. The molecule has 0 unspecified atom stereocenters. The molecule has 0 aliphatic carbocycles. The first-order valence-corrected chi connectivity index (χ1v) is 10.1. The van der Waals surface area contributed by atoms with Gasteiger partial charge in [-0.2, -0.15) is 0 Å². The topological polar surface area (TPSA) is 60.5 Å². The lowest BCUT2D eigenvalue weighted by atomic mass is 10.1. The van der Waals surface area contributed by atoms with Crippen LogP contribution in [0.25, 0.3) is 0 Å². The summed E-state index contributed by atoms with van der Waals surface area (Å²) in [5.41, 5.74) is 2.10. The Bertz CT molecular complexity index is 883. The number of hydrogen-bond donors (Lipinski definition) is 1. The molecule has 0 aliphatic rings. The van der Waals surface area contributed by atoms with E-state index in [0.717, 1.165) is 27.1 Å². The number of methoxy groups -OCH3 is 1. The maximum Gasteiger partial charge on any atom is 0.278 e. The number of carbonyl (C=O) groups is 1. The van der Waals surface area contributed by atoms with E-state index in [9.17, 15) is 4.79 Å². The minimum absolute atomic E-state index is 0.0186. The second kappa shape index (κ2) is 9.53. The summed E-state index contributed by atoms with van der Waals surface area (Å²) in [6, 6.07) is 13.5.